The molecule has 2 unspecified atom stereocenters. The third-order valence-corrected chi connectivity index (χ3v) is 3.29. The van der Waals surface area contributed by atoms with Crippen molar-refractivity contribution in [3.8, 4) is 5.88 Å². The van der Waals surface area contributed by atoms with Crippen LogP contribution in [0.2, 0.25) is 0 Å². The zero-order valence-corrected chi connectivity index (χ0v) is 11.2. The van der Waals surface area contributed by atoms with Crippen LogP contribution in [-0.2, 0) is 11.2 Å². The van der Waals surface area contributed by atoms with Crippen molar-refractivity contribution in [3.63, 3.8) is 0 Å². The first-order valence-electron chi connectivity index (χ1n) is 6.41. The molecule has 0 spiro atoms. The summed E-state index contributed by atoms with van der Waals surface area (Å²) in [5, 5.41) is 3.98. The monoisotopic (exact) mass is 276 g/mol. The van der Waals surface area contributed by atoms with Gasteiger partial charge in [-0.15, -0.1) is 0 Å². The van der Waals surface area contributed by atoms with E-state index in [2.05, 4.69) is 15.1 Å². The molecule has 20 heavy (non-hydrogen) atoms. The normalized spacial score (nSPS) is 22.1. The van der Waals surface area contributed by atoms with Crippen molar-refractivity contribution in [1.82, 2.24) is 15.1 Å². The van der Waals surface area contributed by atoms with Gasteiger partial charge in [0.25, 0.3) is 0 Å². The molecule has 0 aliphatic carbocycles. The summed E-state index contributed by atoms with van der Waals surface area (Å²) in [6.07, 6.45) is 2.29. The van der Waals surface area contributed by atoms with E-state index in [0.29, 0.717) is 37.2 Å². The minimum absolute atomic E-state index is 0.00903. The molecule has 7 heteroatoms. The lowest BCUT2D eigenvalue weighted by Crippen LogP contribution is -2.27. The first-order chi connectivity index (χ1) is 9.76. The quantitative estimate of drug-likeness (QED) is 0.868. The Balaban J connectivity index is 1.70. The highest BCUT2D eigenvalue weighted by Crippen LogP contribution is 2.23. The van der Waals surface area contributed by atoms with Crippen molar-refractivity contribution in [3.05, 3.63) is 35.6 Å². The topological polar surface area (TPSA) is 96.3 Å². The van der Waals surface area contributed by atoms with Crippen molar-refractivity contribution in [2.45, 2.75) is 18.4 Å². The zero-order chi connectivity index (χ0) is 13.9. The maximum atomic E-state index is 5.93. The van der Waals surface area contributed by atoms with Crippen molar-refractivity contribution in [2.75, 3.05) is 20.3 Å². The van der Waals surface area contributed by atoms with E-state index in [1.807, 2.05) is 6.07 Å². The minimum atomic E-state index is -0.0778. The van der Waals surface area contributed by atoms with Gasteiger partial charge in [-0.25, -0.2) is 4.98 Å². The molecule has 0 aromatic carbocycles. The van der Waals surface area contributed by atoms with Gasteiger partial charge in [0.05, 0.1) is 26.2 Å². The number of pyridine rings is 1. The van der Waals surface area contributed by atoms with Gasteiger partial charge in [0.1, 0.15) is 0 Å². The molecular weight excluding hydrogens is 260 g/mol. The molecule has 1 aliphatic heterocycles. The Bertz CT molecular complexity index is 569. The second kappa shape index (κ2) is 5.56. The van der Waals surface area contributed by atoms with E-state index in [0.717, 1.165) is 5.56 Å². The van der Waals surface area contributed by atoms with Crippen molar-refractivity contribution in [1.29, 1.82) is 0 Å². The van der Waals surface area contributed by atoms with Crippen LogP contribution >= 0.6 is 0 Å². The van der Waals surface area contributed by atoms with Gasteiger partial charge in [-0.05, 0) is 5.56 Å². The van der Waals surface area contributed by atoms with Gasteiger partial charge in [-0.3, -0.25) is 0 Å². The van der Waals surface area contributed by atoms with E-state index < -0.39 is 0 Å². The van der Waals surface area contributed by atoms with Crippen molar-refractivity contribution < 1.29 is 14.0 Å². The van der Waals surface area contributed by atoms with Crippen LogP contribution < -0.4 is 10.5 Å². The lowest BCUT2D eigenvalue weighted by atomic mass is 10.1. The van der Waals surface area contributed by atoms with Gasteiger partial charge in [0.2, 0.25) is 11.8 Å². The molecule has 1 aliphatic rings. The summed E-state index contributed by atoms with van der Waals surface area (Å²) in [5.74, 6) is 1.74. The van der Waals surface area contributed by atoms with Gasteiger partial charge in [-0.1, -0.05) is 11.2 Å². The van der Waals surface area contributed by atoms with Crippen LogP contribution in [0.5, 0.6) is 5.88 Å². The van der Waals surface area contributed by atoms with E-state index in [1.54, 1.807) is 19.4 Å². The fourth-order valence-electron chi connectivity index (χ4n) is 2.13. The second-order valence-electron chi connectivity index (χ2n) is 4.74. The summed E-state index contributed by atoms with van der Waals surface area (Å²) in [4.78, 5) is 8.52. The number of methoxy groups -OCH3 is 1. The lowest BCUT2D eigenvalue weighted by molar-refractivity contribution is 0.187. The van der Waals surface area contributed by atoms with Gasteiger partial charge in [-0.2, -0.15) is 4.98 Å². The highest BCUT2D eigenvalue weighted by atomic mass is 16.5. The molecule has 3 rings (SSSR count). The van der Waals surface area contributed by atoms with Crippen LogP contribution in [0.4, 0.5) is 0 Å². The summed E-state index contributed by atoms with van der Waals surface area (Å²) in [6.45, 7) is 1.07. The Morgan fingerprint density at radius 3 is 2.95 bits per heavy atom. The molecule has 3 heterocycles. The summed E-state index contributed by atoms with van der Waals surface area (Å²) < 4.78 is 15.6. The number of nitrogens with two attached hydrogens (primary N) is 1. The van der Waals surface area contributed by atoms with E-state index in [4.69, 9.17) is 19.7 Å². The van der Waals surface area contributed by atoms with Crippen LogP contribution in [0.25, 0.3) is 0 Å². The molecule has 7 nitrogen and oxygen atoms in total. The van der Waals surface area contributed by atoms with Crippen molar-refractivity contribution >= 4 is 0 Å². The molecule has 1 saturated heterocycles. The Hall–Kier alpha value is -1.99. The molecule has 0 radical (unpaired) electrons. The molecule has 2 atom stereocenters. The molecule has 106 valence electrons. The highest BCUT2D eigenvalue weighted by molar-refractivity contribution is 5.20. The maximum absolute atomic E-state index is 5.93. The summed E-state index contributed by atoms with van der Waals surface area (Å²) in [7, 11) is 1.58. The second-order valence-corrected chi connectivity index (χ2v) is 4.74. The zero-order valence-electron chi connectivity index (χ0n) is 11.2. The SMILES string of the molecule is COc1ccc(Cc2noc(C3COCC3N)n2)cn1. The smallest absolute Gasteiger partial charge is 0.233 e. The Labute approximate surface area is 116 Å². The Kier molecular flexibility index (Phi) is 3.62. The summed E-state index contributed by atoms with van der Waals surface area (Å²) in [5.41, 5.74) is 6.92. The number of aromatic nitrogens is 3. The van der Waals surface area contributed by atoms with Crippen LogP contribution in [0, 0.1) is 0 Å². The Morgan fingerprint density at radius 1 is 1.40 bits per heavy atom. The number of ether oxygens (including phenoxy) is 2. The van der Waals surface area contributed by atoms with E-state index >= 15 is 0 Å². The third kappa shape index (κ3) is 2.63. The number of hydrogen-bond acceptors (Lipinski definition) is 7. The standard InChI is InChI=1S/C13H16N4O3/c1-18-12-3-2-8(5-15-12)4-11-16-13(20-17-11)9-6-19-7-10(9)14/h2-3,5,9-10H,4,6-7,14H2,1H3. The van der Waals surface area contributed by atoms with Crippen LogP contribution in [0.1, 0.15) is 23.2 Å². The Morgan fingerprint density at radius 2 is 2.30 bits per heavy atom. The highest BCUT2D eigenvalue weighted by Gasteiger charge is 2.31. The van der Waals surface area contributed by atoms with Gasteiger partial charge in [0, 0.05) is 24.7 Å². The predicted molar refractivity (Wildman–Crippen MR) is 69.4 cm³/mol. The summed E-state index contributed by atoms with van der Waals surface area (Å²) in [6, 6.07) is 3.65. The molecule has 2 aromatic heterocycles. The number of rotatable bonds is 4. The van der Waals surface area contributed by atoms with Crippen LogP contribution in [0.3, 0.4) is 0 Å². The average Bonchev–Trinajstić information content (AvgIpc) is 3.08. The van der Waals surface area contributed by atoms with Crippen LogP contribution in [-0.4, -0.2) is 41.5 Å². The van der Waals surface area contributed by atoms with E-state index in [-0.39, 0.29) is 12.0 Å². The average molecular weight is 276 g/mol. The molecular formula is C13H16N4O3. The minimum Gasteiger partial charge on any atom is -0.481 e. The van der Waals surface area contributed by atoms with Gasteiger partial charge < -0.3 is 19.7 Å². The molecule has 2 aromatic rings. The van der Waals surface area contributed by atoms with Gasteiger partial charge in [0.15, 0.2) is 5.82 Å². The first kappa shape index (κ1) is 13.0. The van der Waals surface area contributed by atoms with E-state index in [1.165, 1.54) is 0 Å². The number of nitrogens with zero attached hydrogens (tertiary/aromatic N) is 3. The largest absolute Gasteiger partial charge is 0.481 e. The molecule has 0 saturated carbocycles. The summed E-state index contributed by atoms with van der Waals surface area (Å²) >= 11 is 0. The molecule has 2 N–H and O–H groups in total. The van der Waals surface area contributed by atoms with Crippen molar-refractivity contribution in [2.24, 2.45) is 5.73 Å². The fourth-order valence-corrected chi connectivity index (χ4v) is 2.13. The van der Waals surface area contributed by atoms with Crippen LogP contribution in [0.15, 0.2) is 22.9 Å². The lowest BCUT2D eigenvalue weighted by Gasteiger charge is -2.06. The molecule has 1 fully saturated rings. The first-order valence-corrected chi connectivity index (χ1v) is 6.41. The predicted octanol–water partition coefficient (Wildman–Crippen LogP) is 0.505. The third-order valence-electron chi connectivity index (χ3n) is 3.29. The molecule has 0 bridgehead atoms. The van der Waals surface area contributed by atoms with Gasteiger partial charge >= 0.3 is 0 Å². The van der Waals surface area contributed by atoms with E-state index in [9.17, 15) is 0 Å². The molecule has 0 amide bonds. The number of hydrogen-bond donors (Lipinski definition) is 1. The fraction of sp³-hybridized carbons (Fsp3) is 0.462. The maximum Gasteiger partial charge on any atom is 0.233 e.